The molecule has 0 spiro atoms. The first-order valence-electron chi connectivity index (χ1n) is 11.7. The lowest BCUT2D eigenvalue weighted by atomic mass is 10.0. The third kappa shape index (κ3) is 6.14. The number of esters is 1. The van der Waals surface area contributed by atoms with Crippen molar-refractivity contribution >= 4 is 23.0 Å². The summed E-state index contributed by atoms with van der Waals surface area (Å²) in [6, 6.07) is 17.3. The Morgan fingerprint density at radius 1 is 0.919 bits per heavy atom. The van der Waals surface area contributed by atoms with Gasteiger partial charge in [0.05, 0.1) is 24.7 Å². The SMILES string of the molecule is COC(=O)Cc1ccc(-c2ccc(OCc3cc4ccc(F)cc4n3C(=O)OC(C)(C)C)cc2F)cc1. The van der Waals surface area contributed by atoms with Crippen molar-refractivity contribution in [1.29, 1.82) is 0 Å². The number of carbonyl (C=O) groups excluding carboxylic acids is 2. The van der Waals surface area contributed by atoms with Gasteiger partial charge in [-0.25, -0.2) is 18.1 Å². The molecule has 0 saturated carbocycles. The smallest absolute Gasteiger partial charge is 0.419 e. The molecular weight excluding hydrogens is 480 g/mol. The molecule has 0 saturated heterocycles. The minimum atomic E-state index is -0.754. The van der Waals surface area contributed by atoms with Gasteiger partial charge in [0.1, 0.15) is 29.6 Å². The fourth-order valence-corrected chi connectivity index (χ4v) is 3.88. The topological polar surface area (TPSA) is 66.8 Å². The Morgan fingerprint density at radius 2 is 1.65 bits per heavy atom. The van der Waals surface area contributed by atoms with E-state index in [-0.39, 0.29) is 24.7 Å². The van der Waals surface area contributed by atoms with Crippen molar-refractivity contribution in [3.8, 4) is 16.9 Å². The molecule has 0 atom stereocenters. The zero-order valence-corrected chi connectivity index (χ0v) is 21.0. The summed E-state index contributed by atoms with van der Waals surface area (Å²) in [5.41, 5.74) is 1.80. The number of methoxy groups -OCH3 is 1. The Bertz CT molecular complexity index is 1450. The molecule has 0 fully saturated rings. The Labute approximate surface area is 213 Å². The summed E-state index contributed by atoms with van der Waals surface area (Å²) in [4.78, 5) is 24.3. The monoisotopic (exact) mass is 507 g/mol. The summed E-state index contributed by atoms with van der Waals surface area (Å²) in [5.74, 6) is -1.07. The summed E-state index contributed by atoms with van der Waals surface area (Å²) < 4.78 is 46.1. The van der Waals surface area contributed by atoms with E-state index in [2.05, 4.69) is 4.74 Å². The van der Waals surface area contributed by atoms with Crippen LogP contribution in [0.3, 0.4) is 0 Å². The molecule has 4 aromatic rings. The highest BCUT2D eigenvalue weighted by Gasteiger charge is 2.23. The number of carbonyl (C=O) groups is 2. The molecule has 1 heterocycles. The van der Waals surface area contributed by atoms with Crippen LogP contribution in [-0.2, 0) is 27.3 Å². The van der Waals surface area contributed by atoms with E-state index in [0.717, 1.165) is 5.56 Å². The maximum absolute atomic E-state index is 15.0. The molecule has 192 valence electrons. The molecule has 0 radical (unpaired) electrons. The summed E-state index contributed by atoms with van der Waals surface area (Å²) in [7, 11) is 1.33. The number of hydrogen-bond donors (Lipinski definition) is 0. The molecule has 0 aliphatic carbocycles. The summed E-state index contributed by atoms with van der Waals surface area (Å²) in [6.07, 6.45) is -0.525. The van der Waals surface area contributed by atoms with Crippen LogP contribution in [0.15, 0.2) is 66.7 Å². The van der Waals surface area contributed by atoms with Gasteiger partial charge in [-0.2, -0.15) is 0 Å². The van der Waals surface area contributed by atoms with E-state index in [1.807, 2.05) is 0 Å². The van der Waals surface area contributed by atoms with Gasteiger partial charge >= 0.3 is 12.1 Å². The van der Waals surface area contributed by atoms with Crippen LogP contribution in [0.1, 0.15) is 32.0 Å². The predicted molar refractivity (Wildman–Crippen MR) is 135 cm³/mol. The molecule has 0 aliphatic heterocycles. The number of aromatic nitrogens is 1. The zero-order valence-electron chi connectivity index (χ0n) is 21.0. The van der Waals surface area contributed by atoms with Gasteiger partial charge in [-0.05, 0) is 68.3 Å². The van der Waals surface area contributed by atoms with Gasteiger partial charge in [-0.15, -0.1) is 0 Å². The highest BCUT2D eigenvalue weighted by Crippen LogP contribution is 2.28. The molecule has 0 bridgehead atoms. The molecule has 4 rings (SSSR count). The molecule has 37 heavy (non-hydrogen) atoms. The van der Waals surface area contributed by atoms with Crippen LogP contribution < -0.4 is 4.74 Å². The molecule has 0 N–H and O–H groups in total. The van der Waals surface area contributed by atoms with E-state index < -0.39 is 23.3 Å². The molecule has 6 nitrogen and oxygen atoms in total. The number of benzene rings is 3. The Hall–Kier alpha value is -4.20. The molecule has 8 heteroatoms. The Kier molecular flexibility index (Phi) is 7.29. The molecule has 0 unspecified atom stereocenters. The van der Waals surface area contributed by atoms with Gasteiger partial charge in [0.2, 0.25) is 0 Å². The normalized spacial score (nSPS) is 11.4. The van der Waals surface area contributed by atoms with Crippen LogP contribution in [0.25, 0.3) is 22.0 Å². The Balaban J connectivity index is 1.55. The first kappa shape index (κ1) is 25.9. The van der Waals surface area contributed by atoms with Crippen molar-refractivity contribution in [2.75, 3.05) is 7.11 Å². The Morgan fingerprint density at radius 3 is 2.30 bits per heavy atom. The lowest BCUT2D eigenvalue weighted by molar-refractivity contribution is -0.139. The van der Waals surface area contributed by atoms with Gasteiger partial charge in [-0.3, -0.25) is 4.79 Å². The lowest BCUT2D eigenvalue weighted by Crippen LogP contribution is -2.28. The van der Waals surface area contributed by atoms with E-state index in [4.69, 9.17) is 9.47 Å². The van der Waals surface area contributed by atoms with Gasteiger partial charge < -0.3 is 14.2 Å². The second-order valence-corrected chi connectivity index (χ2v) is 9.53. The number of ether oxygens (including phenoxy) is 3. The van der Waals surface area contributed by atoms with Crippen LogP contribution >= 0.6 is 0 Å². The molecule has 1 aromatic heterocycles. The molecule has 0 amide bonds. The fraction of sp³-hybridized carbons (Fsp3) is 0.241. The molecule has 0 aliphatic rings. The fourth-order valence-electron chi connectivity index (χ4n) is 3.88. The van der Waals surface area contributed by atoms with Crippen LogP contribution in [0.4, 0.5) is 13.6 Å². The van der Waals surface area contributed by atoms with Crippen molar-refractivity contribution in [2.45, 2.75) is 39.4 Å². The van der Waals surface area contributed by atoms with Crippen molar-refractivity contribution in [3.63, 3.8) is 0 Å². The van der Waals surface area contributed by atoms with Crippen LogP contribution in [0.2, 0.25) is 0 Å². The van der Waals surface area contributed by atoms with E-state index in [1.54, 1.807) is 69.3 Å². The van der Waals surface area contributed by atoms with Crippen LogP contribution in [0.5, 0.6) is 5.75 Å². The molecule has 3 aromatic carbocycles. The second kappa shape index (κ2) is 10.4. The number of nitrogens with zero attached hydrogens (tertiary/aromatic N) is 1. The second-order valence-electron chi connectivity index (χ2n) is 9.53. The highest BCUT2D eigenvalue weighted by atomic mass is 19.1. The average Bonchev–Trinajstić information content (AvgIpc) is 3.20. The largest absolute Gasteiger partial charge is 0.487 e. The van der Waals surface area contributed by atoms with E-state index >= 15 is 0 Å². The van der Waals surface area contributed by atoms with Crippen LogP contribution in [0, 0.1) is 11.6 Å². The first-order valence-corrected chi connectivity index (χ1v) is 11.7. The summed E-state index contributed by atoms with van der Waals surface area (Å²) in [5, 5.41) is 0.642. The lowest BCUT2D eigenvalue weighted by Gasteiger charge is -2.21. The maximum Gasteiger partial charge on any atom is 0.419 e. The predicted octanol–water partition coefficient (Wildman–Crippen LogP) is 6.66. The number of fused-ring (bicyclic) bond motifs is 1. The van der Waals surface area contributed by atoms with Crippen molar-refractivity contribution < 1.29 is 32.6 Å². The zero-order chi connectivity index (χ0) is 26.7. The maximum atomic E-state index is 15.0. The standard InChI is InChI=1S/C29H27F2NO5/c1-29(2,3)37-28(34)32-22(14-20-9-10-21(30)15-26(20)32)17-36-23-11-12-24(25(31)16-23)19-7-5-18(6-8-19)13-27(33)35-4/h5-12,14-16H,13,17H2,1-4H3. The van der Waals surface area contributed by atoms with Crippen molar-refractivity contribution in [1.82, 2.24) is 4.57 Å². The van der Waals surface area contributed by atoms with Gasteiger partial charge in [-0.1, -0.05) is 24.3 Å². The van der Waals surface area contributed by atoms with E-state index in [9.17, 15) is 18.4 Å². The first-order chi connectivity index (χ1) is 17.5. The summed E-state index contributed by atoms with van der Waals surface area (Å²) in [6.45, 7) is 5.15. The number of hydrogen-bond acceptors (Lipinski definition) is 5. The quantitative estimate of drug-likeness (QED) is 0.273. The van der Waals surface area contributed by atoms with Crippen molar-refractivity contribution in [2.24, 2.45) is 0 Å². The molecular formula is C29H27F2NO5. The van der Waals surface area contributed by atoms with Crippen molar-refractivity contribution in [3.05, 3.63) is 89.6 Å². The number of rotatable bonds is 6. The number of halogens is 2. The van der Waals surface area contributed by atoms with Gasteiger partial charge in [0.15, 0.2) is 0 Å². The third-order valence-electron chi connectivity index (χ3n) is 5.59. The highest BCUT2D eigenvalue weighted by molar-refractivity contribution is 5.91. The van der Waals surface area contributed by atoms with E-state index in [0.29, 0.717) is 27.7 Å². The average molecular weight is 508 g/mol. The van der Waals surface area contributed by atoms with Gasteiger partial charge in [0, 0.05) is 17.0 Å². The van der Waals surface area contributed by atoms with E-state index in [1.165, 1.54) is 29.9 Å². The minimum absolute atomic E-state index is 0.0729. The summed E-state index contributed by atoms with van der Waals surface area (Å²) >= 11 is 0. The van der Waals surface area contributed by atoms with Gasteiger partial charge in [0.25, 0.3) is 0 Å². The third-order valence-corrected chi connectivity index (χ3v) is 5.59. The minimum Gasteiger partial charge on any atom is -0.487 e. The van der Waals surface area contributed by atoms with Crippen LogP contribution in [-0.4, -0.2) is 29.3 Å².